The van der Waals surface area contributed by atoms with Gasteiger partial charge in [0.2, 0.25) is 0 Å². The predicted octanol–water partition coefficient (Wildman–Crippen LogP) is 8.39. The summed E-state index contributed by atoms with van der Waals surface area (Å²) >= 11 is 0. The van der Waals surface area contributed by atoms with Crippen LogP contribution in [0.2, 0.25) is 0 Å². The van der Waals surface area contributed by atoms with Crippen molar-refractivity contribution in [2.75, 3.05) is 6.61 Å². The number of epoxide rings is 1. The van der Waals surface area contributed by atoms with Crippen LogP contribution in [0.15, 0.2) is 42.0 Å². The maximum Gasteiger partial charge on any atom is 0.338 e. The van der Waals surface area contributed by atoms with Gasteiger partial charge in [0.1, 0.15) is 6.10 Å². The third kappa shape index (κ3) is 4.62. The number of esters is 1. The van der Waals surface area contributed by atoms with Crippen LogP contribution in [0, 0.1) is 40.4 Å². The van der Waals surface area contributed by atoms with Gasteiger partial charge in [0.15, 0.2) is 0 Å². The third-order valence-electron chi connectivity index (χ3n) is 12.1. The standard InChI is InChI=1S/C34H48O3/c1-23(9-8-18-32(2)22-36-32)28-14-15-29-27-13-12-25-21-26(37-31(35)24-10-6-5-7-11-24)16-19-33(25,3)30(27)17-20-34(28,29)4/h5-7,10-11,13,23,25-26,28-30H,8-9,12,14-22H2,1-4H3/t23-,25?,26?,28-,29+,30+,32?,33+,34-/m1/s1. The van der Waals surface area contributed by atoms with E-state index in [9.17, 15) is 4.79 Å². The molecule has 3 nitrogen and oxygen atoms in total. The Morgan fingerprint density at radius 1 is 1.03 bits per heavy atom. The highest BCUT2D eigenvalue weighted by Gasteiger charge is 2.58. The summed E-state index contributed by atoms with van der Waals surface area (Å²) in [6.45, 7) is 11.0. The monoisotopic (exact) mass is 504 g/mol. The Kier molecular flexibility index (Phi) is 6.62. The number of hydrogen-bond acceptors (Lipinski definition) is 3. The van der Waals surface area contributed by atoms with E-state index in [0.29, 0.717) is 22.3 Å². The Balaban J connectivity index is 1.11. The zero-order chi connectivity index (χ0) is 25.8. The quantitative estimate of drug-likeness (QED) is 0.213. The summed E-state index contributed by atoms with van der Waals surface area (Å²) in [4.78, 5) is 12.7. The highest BCUT2D eigenvalue weighted by molar-refractivity contribution is 5.89. The number of fused-ring (bicyclic) bond motifs is 5. The van der Waals surface area contributed by atoms with Gasteiger partial charge in [0, 0.05) is 0 Å². The van der Waals surface area contributed by atoms with Gasteiger partial charge in [-0.1, -0.05) is 63.5 Å². The second kappa shape index (κ2) is 9.54. The minimum absolute atomic E-state index is 0.0644. The molecule has 1 heterocycles. The Hall–Kier alpha value is -1.61. The second-order valence-electron chi connectivity index (χ2n) is 14.3. The van der Waals surface area contributed by atoms with Gasteiger partial charge in [-0.05, 0) is 117 Å². The molecular formula is C34H48O3. The first-order chi connectivity index (χ1) is 17.7. The third-order valence-corrected chi connectivity index (χ3v) is 12.1. The van der Waals surface area contributed by atoms with Gasteiger partial charge in [0.05, 0.1) is 17.8 Å². The molecule has 9 atom stereocenters. The Morgan fingerprint density at radius 2 is 1.76 bits per heavy atom. The van der Waals surface area contributed by atoms with Crippen molar-refractivity contribution in [1.29, 1.82) is 0 Å². The van der Waals surface area contributed by atoms with Crippen molar-refractivity contribution in [1.82, 2.24) is 0 Å². The Bertz CT molecular complexity index is 1020. The average molecular weight is 505 g/mol. The fourth-order valence-corrected chi connectivity index (χ4v) is 9.62. The lowest BCUT2D eigenvalue weighted by Gasteiger charge is -2.58. The molecule has 202 valence electrons. The number of rotatable bonds is 7. The van der Waals surface area contributed by atoms with Gasteiger partial charge < -0.3 is 9.47 Å². The fraction of sp³-hybridized carbons (Fsp3) is 0.735. The van der Waals surface area contributed by atoms with Crippen LogP contribution in [0.5, 0.6) is 0 Å². The molecule has 0 spiro atoms. The smallest absolute Gasteiger partial charge is 0.338 e. The predicted molar refractivity (Wildman–Crippen MR) is 148 cm³/mol. The van der Waals surface area contributed by atoms with Crippen LogP contribution in [0.25, 0.3) is 0 Å². The lowest BCUT2D eigenvalue weighted by atomic mass is 9.47. The van der Waals surface area contributed by atoms with Gasteiger partial charge in [-0.3, -0.25) is 0 Å². The van der Waals surface area contributed by atoms with E-state index in [0.717, 1.165) is 43.1 Å². The molecular weight excluding hydrogens is 456 g/mol. The minimum Gasteiger partial charge on any atom is -0.459 e. The first kappa shape index (κ1) is 25.7. The number of carbonyl (C=O) groups excluding carboxylic acids is 1. The average Bonchev–Trinajstić information content (AvgIpc) is 3.51. The van der Waals surface area contributed by atoms with Crippen molar-refractivity contribution >= 4 is 5.97 Å². The van der Waals surface area contributed by atoms with E-state index in [1.807, 2.05) is 35.9 Å². The summed E-state index contributed by atoms with van der Waals surface area (Å²) in [5.74, 6) is 3.68. The molecule has 1 saturated heterocycles. The zero-order valence-electron chi connectivity index (χ0n) is 23.6. The molecule has 3 unspecified atom stereocenters. The van der Waals surface area contributed by atoms with Crippen LogP contribution in [-0.2, 0) is 9.47 Å². The molecule has 0 N–H and O–H groups in total. The first-order valence-electron chi connectivity index (χ1n) is 15.3. The first-order valence-corrected chi connectivity index (χ1v) is 15.3. The normalized spacial score (nSPS) is 43.1. The maximum atomic E-state index is 12.7. The SMILES string of the molecule is C[C@H](CCCC1(C)CO1)[C@H]1CC[C@H]2C3=CCC4CC(OC(=O)c5ccccc5)CC[C@]4(C)[C@H]3CC[C@]12C. The van der Waals surface area contributed by atoms with Crippen LogP contribution in [0.1, 0.15) is 109 Å². The summed E-state index contributed by atoms with van der Waals surface area (Å²) < 4.78 is 11.7. The highest BCUT2D eigenvalue weighted by Crippen LogP contribution is 2.67. The molecule has 5 aliphatic rings. The van der Waals surface area contributed by atoms with Gasteiger partial charge in [-0.2, -0.15) is 0 Å². The molecule has 1 aliphatic heterocycles. The second-order valence-corrected chi connectivity index (χ2v) is 14.3. The number of ether oxygens (including phenoxy) is 2. The molecule has 0 aromatic heterocycles. The molecule has 0 radical (unpaired) electrons. The Morgan fingerprint density at radius 3 is 2.51 bits per heavy atom. The van der Waals surface area contributed by atoms with Gasteiger partial charge >= 0.3 is 5.97 Å². The molecule has 4 aliphatic carbocycles. The Labute approximate surface area is 224 Å². The summed E-state index contributed by atoms with van der Waals surface area (Å²) in [7, 11) is 0. The van der Waals surface area contributed by atoms with Gasteiger partial charge in [-0.25, -0.2) is 4.79 Å². The van der Waals surface area contributed by atoms with Crippen molar-refractivity contribution in [3.05, 3.63) is 47.5 Å². The van der Waals surface area contributed by atoms with E-state index < -0.39 is 0 Å². The van der Waals surface area contributed by atoms with Crippen molar-refractivity contribution in [2.45, 2.75) is 110 Å². The molecule has 0 bridgehead atoms. The van der Waals surface area contributed by atoms with Crippen LogP contribution in [0.4, 0.5) is 0 Å². The summed E-state index contributed by atoms with van der Waals surface area (Å²) in [5.41, 5.74) is 3.56. The van der Waals surface area contributed by atoms with Crippen molar-refractivity contribution in [3.8, 4) is 0 Å². The van der Waals surface area contributed by atoms with Gasteiger partial charge in [0.25, 0.3) is 0 Å². The summed E-state index contributed by atoms with van der Waals surface area (Å²) in [6.07, 6.45) is 16.6. The lowest BCUT2D eigenvalue weighted by Crippen LogP contribution is -2.50. The highest BCUT2D eigenvalue weighted by atomic mass is 16.6. The van der Waals surface area contributed by atoms with E-state index >= 15 is 0 Å². The molecule has 37 heavy (non-hydrogen) atoms. The van der Waals surface area contributed by atoms with Crippen LogP contribution in [0.3, 0.4) is 0 Å². The molecule has 6 rings (SSSR count). The van der Waals surface area contributed by atoms with E-state index in [4.69, 9.17) is 9.47 Å². The van der Waals surface area contributed by atoms with Crippen LogP contribution in [-0.4, -0.2) is 24.3 Å². The fourth-order valence-electron chi connectivity index (χ4n) is 9.62. The van der Waals surface area contributed by atoms with E-state index in [2.05, 4.69) is 33.8 Å². The van der Waals surface area contributed by atoms with E-state index in [-0.39, 0.29) is 17.7 Å². The maximum absolute atomic E-state index is 12.7. The van der Waals surface area contributed by atoms with E-state index in [1.54, 1.807) is 0 Å². The zero-order valence-corrected chi connectivity index (χ0v) is 23.6. The van der Waals surface area contributed by atoms with Crippen molar-refractivity contribution in [2.24, 2.45) is 40.4 Å². The van der Waals surface area contributed by atoms with Crippen molar-refractivity contribution < 1.29 is 14.3 Å². The summed E-state index contributed by atoms with van der Waals surface area (Å²) in [6, 6.07) is 9.50. The number of benzene rings is 1. The molecule has 3 saturated carbocycles. The lowest BCUT2D eigenvalue weighted by molar-refractivity contribution is -0.0523. The largest absolute Gasteiger partial charge is 0.459 e. The van der Waals surface area contributed by atoms with Crippen molar-refractivity contribution in [3.63, 3.8) is 0 Å². The van der Waals surface area contributed by atoms with Crippen LogP contribution >= 0.6 is 0 Å². The van der Waals surface area contributed by atoms with E-state index in [1.165, 1.54) is 57.8 Å². The number of hydrogen-bond donors (Lipinski definition) is 0. The molecule has 1 aromatic carbocycles. The number of carbonyl (C=O) groups is 1. The summed E-state index contributed by atoms with van der Waals surface area (Å²) in [5, 5.41) is 0. The molecule has 0 amide bonds. The number of allylic oxidation sites excluding steroid dienone is 2. The molecule has 4 fully saturated rings. The topological polar surface area (TPSA) is 38.8 Å². The molecule has 1 aromatic rings. The van der Waals surface area contributed by atoms with Crippen LogP contribution < -0.4 is 0 Å². The molecule has 3 heteroatoms. The van der Waals surface area contributed by atoms with Gasteiger partial charge in [-0.15, -0.1) is 0 Å². The minimum atomic E-state index is -0.153.